The number of carbonyl (C=O) groups is 1. The molecule has 4 heterocycles. The highest BCUT2D eigenvalue weighted by Crippen LogP contribution is 2.30. The van der Waals surface area contributed by atoms with Crippen LogP contribution < -0.4 is 0 Å². The van der Waals surface area contributed by atoms with Crippen molar-refractivity contribution in [1.29, 1.82) is 0 Å². The van der Waals surface area contributed by atoms with Crippen molar-refractivity contribution in [3.8, 4) is 11.6 Å². The van der Waals surface area contributed by atoms with Gasteiger partial charge in [0.2, 0.25) is 5.89 Å². The molecule has 29 heavy (non-hydrogen) atoms. The Morgan fingerprint density at radius 1 is 1.31 bits per heavy atom. The predicted octanol–water partition coefficient (Wildman–Crippen LogP) is 2.78. The van der Waals surface area contributed by atoms with Gasteiger partial charge in [0, 0.05) is 43.2 Å². The van der Waals surface area contributed by atoms with Gasteiger partial charge in [-0.15, -0.1) is 0 Å². The van der Waals surface area contributed by atoms with Crippen LogP contribution in [0.25, 0.3) is 11.6 Å². The first-order valence-electron chi connectivity index (χ1n) is 9.87. The smallest absolute Gasteiger partial charge is 0.256 e. The standard InChI is InChI=1S/C21H25N5O3/c1-4-28-10-9-26-18-6-8-25(21(27)16-12-22-7-5-14(16)2)13-17(18)19(24-26)20-23-11-15(3)29-20/h5,7,11-12H,4,6,8-10,13H2,1-3H3. The van der Waals surface area contributed by atoms with Gasteiger partial charge in [-0.05, 0) is 32.4 Å². The van der Waals surface area contributed by atoms with E-state index in [1.807, 2.05) is 36.4 Å². The van der Waals surface area contributed by atoms with Gasteiger partial charge in [0.1, 0.15) is 5.76 Å². The largest absolute Gasteiger partial charge is 0.440 e. The maximum Gasteiger partial charge on any atom is 0.256 e. The number of aryl methyl sites for hydroxylation is 2. The summed E-state index contributed by atoms with van der Waals surface area (Å²) in [6.45, 7) is 8.77. The van der Waals surface area contributed by atoms with E-state index >= 15 is 0 Å². The topological polar surface area (TPSA) is 86.3 Å². The molecule has 3 aromatic heterocycles. The molecule has 0 aromatic carbocycles. The number of amides is 1. The number of nitrogens with zero attached hydrogens (tertiary/aromatic N) is 5. The van der Waals surface area contributed by atoms with Crippen LogP contribution in [0.15, 0.2) is 29.1 Å². The highest BCUT2D eigenvalue weighted by Gasteiger charge is 2.30. The van der Waals surface area contributed by atoms with Gasteiger partial charge >= 0.3 is 0 Å². The quantitative estimate of drug-likeness (QED) is 0.597. The van der Waals surface area contributed by atoms with Crippen molar-refractivity contribution in [2.75, 3.05) is 19.8 Å². The Morgan fingerprint density at radius 2 is 2.17 bits per heavy atom. The minimum Gasteiger partial charge on any atom is -0.440 e. The molecular formula is C21H25N5O3. The summed E-state index contributed by atoms with van der Waals surface area (Å²) in [6, 6.07) is 1.86. The zero-order valence-corrected chi connectivity index (χ0v) is 17.0. The van der Waals surface area contributed by atoms with E-state index in [9.17, 15) is 4.79 Å². The highest BCUT2D eigenvalue weighted by molar-refractivity contribution is 5.95. The van der Waals surface area contributed by atoms with Crippen molar-refractivity contribution in [1.82, 2.24) is 24.6 Å². The Balaban J connectivity index is 1.66. The van der Waals surface area contributed by atoms with E-state index in [4.69, 9.17) is 14.3 Å². The first-order valence-corrected chi connectivity index (χ1v) is 9.87. The number of aromatic nitrogens is 4. The van der Waals surface area contributed by atoms with E-state index in [0.717, 1.165) is 29.0 Å². The zero-order chi connectivity index (χ0) is 20.4. The van der Waals surface area contributed by atoms with Crippen LogP contribution >= 0.6 is 0 Å². The van der Waals surface area contributed by atoms with Crippen LogP contribution in [0.1, 0.15) is 39.9 Å². The third-order valence-electron chi connectivity index (χ3n) is 5.17. The molecular weight excluding hydrogens is 370 g/mol. The van der Waals surface area contributed by atoms with Gasteiger partial charge in [0.25, 0.3) is 5.91 Å². The normalized spacial score (nSPS) is 13.6. The average molecular weight is 395 g/mol. The van der Waals surface area contributed by atoms with Crippen LogP contribution in [0, 0.1) is 13.8 Å². The Hall–Kier alpha value is -3.00. The predicted molar refractivity (Wildman–Crippen MR) is 106 cm³/mol. The fourth-order valence-electron chi connectivity index (χ4n) is 3.64. The monoisotopic (exact) mass is 395 g/mol. The molecule has 4 rings (SSSR count). The van der Waals surface area contributed by atoms with Crippen molar-refractivity contribution in [2.24, 2.45) is 0 Å². The van der Waals surface area contributed by atoms with Gasteiger partial charge in [-0.1, -0.05) is 0 Å². The molecule has 1 aliphatic rings. The zero-order valence-electron chi connectivity index (χ0n) is 17.0. The second-order valence-electron chi connectivity index (χ2n) is 7.14. The summed E-state index contributed by atoms with van der Waals surface area (Å²) in [5.74, 6) is 1.20. The minimum atomic E-state index is -0.0159. The first kappa shape index (κ1) is 19.3. The van der Waals surface area contributed by atoms with Crippen LogP contribution in [0.4, 0.5) is 0 Å². The third-order valence-corrected chi connectivity index (χ3v) is 5.17. The molecule has 0 aliphatic carbocycles. The van der Waals surface area contributed by atoms with Crippen LogP contribution in [0.2, 0.25) is 0 Å². The molecule has 8 heteroatoms. The molecule has 0 fully saturated rings. The van der Waals surface area contributed by atoms with E-state index in [1.54, 1.807) is 18.6 Å². The summed E-state index contributed by atoms with van der Waals surface area (Å²) in [5, 5.41) is 4.76. The molecule has 0 saturated carbocycles. The maximum atomic E-state index is 13.1. The molecule has 0 bridgehead atoms. The van der Waals surface area contributed by atoms with Crippen LogP contribution in [0.5, 0.6) is 0 Å². The Bertz CT molecular complexity index is 1020. The molecule has 0 spiro atoms. The van der Waals surface area contributed by atoms with Crippen molar-refractivity contribution < 1.29 is 13.9 Å². The van der Waals surface area contributed by atoms with Gasteiger partial charge in [0.05, 0.1) is 31.5 Å². The number of rotatable bonds is 6. The van der Waals surface area contributed by atoms with Crippen molar-refractivity contribution in [2.45, 2.75) is 40.3 Å². The lowest BCUT2D eigenvalue weighted by Gasteiger charge is -2.28. The van der Waals surface area contributed by atoms with Gasteiger partial charge in [-0.3, -0.25) is 14.5 Å². The number of hydrogen-bond acceptors (Lipinski definition) is 6. The summed E-state index contributed by atoms with van der Waals surface area (Å²) in [6.07, 6.45) is 5.74. The second-order valence-corrected chi connectivity index (χ2v) is 7.14. The summed E-state index contributed by atoms with van der Waals surface area (Å²) in [7, 11) is 0. The summed E-state index contributed by atoms with van der Waals surface area (Å²) in [4.78, 5) is 23.4. The molecule has 1 amide bonds. The Kier molecular flexibility index (Phi) is 5.44. The molecule has 3 aromatic rings. The Morgan fingerprint density at radius 3 is 2.90 bits per heavy atom. The van der Waals surface area contributed by atoms with Crippen molar-refractivity contribution >= 4 is 5.91 Å². The average Bonchev–Trinajstić information content (AvgIpc) is 3.31. The van der Waals surface area contributed by atoms with Crippen LogP contribution in [0.3, 0.4) is 0 Å². The number of hydrogen-bond donors (Lipinski definition) is 0. The van der Waals surface area contributed by atoms with E-state index in [2.05, 4.69) is 9.97 Å². The molecule has 0 N–H and O–H groups in total. The summed E-state index contributed by atoms with van der Waals surface area (Å²) in [5.41, 5.74) is 4.36. The second kappa shape index (κ2) is 8.16. The van der Waals surface area contributed by atoms with Crippen LogP contribution in [-0.2, 0) is 24.2 Å². The summed E-state index contributed by atoms with van der Waals surface area (Å²) >= 11 is 0. The van der Waals surface area contributed by atoms with Gasteiger partial charge in [0.15, 0.2) is 5.69 Å². The lowest BCUT2D eigenvalue weighted by Crippen LogP contribution is -2.37. The first-order chi connectivity index (χ1) is 14.1. The number of pyridine rings is 1. The van der Waals surface area contributed by atoms with E-state index < -0.39 is 0 Å². The molecule has 8 nitrogen and oxygen atoms in total. The molecule has 0 radical (unpaired) electrons. The molecule has 0 unspecified atom stereocenters. The fourth-order valence-corrected chi connectivity index (χ4v) is 3.64. The maximum absolute atomic E-state index is 13.1. The lowest BCUT2D eigenvalue weighted by molar-refractivity contribution is 0.0731. The number of ether oxygens (including phenoxy) is 1. The Labute approximate surface area is 169 Å². The lowest BCUT2D eigenvalue weighted by atomic mass is 10.0. The number of fused-ring (bicyclic) bond motifs is 1. The van der Waals surface area contributed by atoms with E-state index in [1.165, 1.54) is 0 Å². The molecule has 1 aliphatic heterocycles. The molecule has 0 saturated heterocycles. The highest BCUT2D eigenvalue weighted by atomic mass is 16.5. The van der Waals surface area contributed by atoms with E-state index in [-0.39, 0.29) is 5.91 Å². The fraction of sp³-hybridized carbons (Fsp3) is 0.429. The molecule has 152 valence electrons. The summed E-state index contributed by atoms with van der Waals surface area (Å²) < 4.78 is 13.2. The van der Waals surface area contributed by atoms with Gasteiger partial charge < -0.3 is 14.1 Å². The number of oxazole rings is 1. The SMILES string of the molecule is CCOCCn1nc(-c2ncc(C)o2)c2c1CCN(C(=O)c1cnccc1C)C2. The van der Waals surface area contributed by atoms with Crippen molar-refractivity contribution in [3.05, 3.63) is 52.8 Å². The van der Waals surface area contributed by atoms with E-state index in [0.29, 0.717) is 50.0 Å². The number of carbonyl (C=O) groups excluding carboxylic acids is 1. The minimum absolute atomic E-state index is 0.0159. The van der Waals surface area contributed by atoms with Gasteiger partial charge in [-0.25, -0.2) is 4.98 Å². The van der Waals surface area contributed by atoms with Gasteiger partial charge in [-0.2, -0.15) is 5.10 Å². The third kappa shape index (κ3) is 3.80. The van der Waals surface area contributed by atoms with Crippen molar-refractivity contribution in [3.63, 3.8) is 0 Å². The molecule has 0 atom stereocenters. The van der Waals surface area contributed by atoms with Crippen LogP contribution in [-0.4, -0.2) is 50.3 Å².